The monoisotopic (exact) mass is 373 g/mol. The first-order chi connectivity index (χ1) is 13.2. The molecule has 134 valence electrons. The van der Waals surface area contributed by atoms with E-state index >= 15 is 0 Å². The van der Waals surface area contributed by atoms with Gasteiger partial charge in [-0.2, -0.15) is 0 Å². The normalized spacial score (nSPS) is 10.7. The van der Waals surface area contributed by atoms with E-state index in [0.29, 0.717) is 5.56 Å². The second-order valence-corrected chi connectivity index (χ2v) is 6.98. The maximum absolute atomic E-state index is 12.7. The second kappa shape index (κ2) is 7.60. The average molecular weight is 373 g/mol. The molecule has 1 heterocycles. The van der Waals surface area contributed by atoms with Gasteiger partial charge in [0, 0.05) is 28.7 Å². The Bertz CT molecular complexity index is 1080. The van der Waals surface area contributed by atoms with E-state index in [4.69, 9.17) is 0 Å². The molecular weight excluding hydrogens is 354 g/mol. The summed E-state index contributed by atoms with van der Waals surface area (Å²) in [6.07, 6.45) is 0. The Balaban J connectivity index is 1.53. The summed E-state index contributed by atoms with van der Waals surface area (Å²) >= 11 is 1.59. The highest BCUT2D eigenvalue weighted by atomic mass is 32.1. The molecule has 4 nitrogen and oxygen atoms in total. The summed E-state index contributed by atoms with van der Waals surface area (Å²) in [7, 11) is 0. The van der Waals surface area contributed by atoms with Gasteiger partial charge in [0.15, 0.2) is 5.13 Å². The van der Waals surface area contributed by atoms with Gasteiger partial charge in [-0.25, -0.2) is 4.98 Å². The zero-order chi connectivity index (χ0) is 18.6. The summed E-state index contributed by atoms with van der Waals surface area (Å²) in [6.45, 7) is 2.90. The van der Waals surface area contributed by atoms with Crippen molar-refractivity contribution in [3.05, 3.63) is 77.7 Å². The van der Waals surface area contributed by atoms with Crippen LogP contribution in [0.25, 0.3) is 22.0 Å². The molecule has 0 aliphatic rings. The molecule has 2 N–H and O–H groups in total. The average Bonchev–Trinajstić information content (AvgIpc) is 3.17. The van der Waals surface area contributed by atoms with Gasteiger partial charge in [0.1, 0.15) is 0 Å². The molecule has 3 aromatic carbocycles. The number of anilines is 2. The van der Waals surface area contributed by atoms with Crippen LogP contribution in [0.1, 0.15) is 17.3 Å². The number of hydrogen-bond donors (Lipinski definition) is 2. The molecule has 0 saturated heterocycles. The number of carbonyl (C=O) groups is 1. The van der Waals surface area contributed by atoms with Gasteiger partial charge in [0.05, 0.1) is 5.69 Å². The number of nitrogens with zero attached hydrogens (tertiary/aromatic N) is 1. The largest absolute Gasteiger partial charge is 0.362 e. The van der Waals surface area contributed by atoms with Crippen molar-refractivity contribution in [2.24, 2.45) is 0 Å². The molecule has 0 saturated carbocycles. The van der Waals surface area contributed by atoms with Crippen LogP contribution >= 0.6 is 11.3 Å². The highest BCUT2D eigenvalue weighted by molar-refractivity contribution is 7.14. The lowest BCUT2D eigenvalue weighted by molar-refractivity contribution is 0.102. The van der Waals surface area contributed by atoms with Crippen LogP contribution < -0.4 is 10.6 Å². The van der Waals surface area contributed by atoms with Gasteiger partial charge in [-0.1, -0.05) is 48.5 Å². The maximum atomic E-state index is 12.7. The molecule has 0 spiro atoms. The zero-order valence-corrected chi connectivity index (χ0v) is 15.7. The molecule has 0 fully saturated rings. The Kier molecular flexibility index (Phi) is 4.85. The van der Waals surface area contributed by atoms with Crippen LogP contribution in [0.5, 0.6) is 0 Å². The third-order valence-corrected chi connectivity index (χ3v) is 5.10. The first-order valence-corrected chi connectivity index (χ1v) is 9.71. The number of thiazole rings is 1. The van der Waals surface area contributed by atoms with E-state index < -0.39 is 0 Å². The molecule has 1 amide bonds. The first-order valence-electron chi connectivity index (χ1n) is 8.83. The van der Waals surface area contributed by atoms with Crippen LogP contribution in [0.3, 0.4) is 0 Å². The van der Waals surface area contributed by atoms with Crippen molar-refractivity contribution in [2.45, 2.75) is 6.92 Å². The van der Waals surface area contributed by atoms with Crippen molar-refractivity contribution < 1.29 is 4.79 Å². The lowest BCUT2D eigenvalue weighted by Gasteiger charge is -2.08. The van der Waals surface area contributed by atoms with E-state index in [0.717, 1.165) is 39.4 Å². The minimum absolute atomic E-state index is 0.109. The van der Waals surface area contributed by atoms with Crippen LogP contribution in [0, 0.1) is 0 Å². The van der Waals surface area contributed by atoms with Gasteiger partial charge in [0.25, 0.3) is 5.91 Å². The van der Waals surface area contributed by atoms with E-state index in [1.807, 2.05) is 72.1 Å². The molecule has 0 radical (unpaired) electrons. The number of hydrogen-bond acceptors (Lipinski definition) is 4. The van der Waals surface area contributed by atoms with Crippen LogP contribution in [-0.2, 0) is 0 Å². The van der Waals surface area contributed by atoms with Crippen molar-refractivity contribution in [1.82, 2.24) is 4.98 Å². The number of carbonyl (C=O) groups excluding carboxylic acids is 1. The minimum atomic E-state index is -0.109. The predicted octanol–water partition coefficient (Wildman–Crippen LogP) is 5.65. The van der Waals surface area contributed by atoms with Gasteiger partial charge in [-0.3, -0.25) is 4.79 Å². The van der Waals surface area contributed by atoms with E-state index in [2.05, 4.69) is 22.5 Å². The molecule has 4 rings (SSSR count). The van der Waals surface area contributed by atoms with Gasteiger partial charge in [0.2, 0.25) is 0 Å². The highest BCUT2D eigenvalue weighted by Gasteiger charge is 2.10. The SMILES string of the molecule is CCNc1nc(-c2ccc(NC(=O)c3cccc4ccccc34)cc2)cs1. The molecule has 0 unspecified atom stereocenters. The molecule has 1 aromatic heterocycles. The lowest BCUT2D eigenvalue weighted by atomic mass is 10.0. The molecule has 4 aromatic rings. The fourth-order valence-corrected chi connectivity index (χ4v) is 3.78. The Labute approximate surface area is 161 Å². The standard InChI is InChI=1S/C22H19N3OS/c1-2-23-22-25-20(14-27-22)16-10-12-17(13-11-16)24-21(26)19-9-5-7-15-6-3-4-8-18(15)19/h3-14H,2H2,1H3,(H,23,25)(H,24,26). The molecule has 27 heavy (non-hydrogen) atoms. The van der Waals surface area contributed by atoms with Crippen LogP contribution in [0.15, 0.2) is 72.1 Å². The lowest BCUT2D eigenvalue weighted by Crippen LogP contribution is -2.12. The Morgan fingerprint density at radius 2 is 1.78 bits per heavy atom. The van der Waals surface area contributed by atoms with E-state index in [-0.39, 0.29) is 5.91 Å². The Morgan fingerprint density at radius 3 is 2.59 bits per heavy atom. The summed E-state index contributed by atoms with van der Waals surface area (Å²) < 4.78 is 0. The summed E-state index contributed by atoms with van der Waals surface area (Å²) in [4.78, 5) is 17.3. The predicted molar refractivity (Wildman–Crippen MR) is 114 cm³/mol. The fourth-order valence-electron chi connectivity index (χ4n) is 2.98. The van der Waals surface area contributed by atoms with Crippen LogP contribution in [0.2, 0.25) is 0 Å². The van der Waals surface area contributed by atoms with E-state index in [1.54, 1.807) is 11.3 Å². The number of nitrogens with one attached hydrogen (secondary N) is 2. The summed E-state index contributed by atoms with van der Waals surface area (Å²) in [5.41, 5.74) is 3.40. The number of benzene rings is 3. The molecule has 0 aliphatic heterocycles. The quantitative estimate of drug-likeness (QED) is 0.475. The molecule has 0 atom stereocenters. The van der Waals surface area contributed by atoms with Crippen LogP contribution in [-0.4, -0.2) is 17.4 Å². The first kappa shape index (κ1) is 17.2. The highest BCUT2D eigenvalue weighted by Crippen LogP contribution is 2.26. The smallest absolute Gasteiger partial charge is 0.256 e. The number of amides is 1. The van der Waals surface area contributed by atoms with E-state index in [1.165, 1.54) is 0 Å². The molecular formula is C22H19N3OS. The molecule has 5 heteroatoms. The third kappa shape index (κ3) is 3.68. The van der Waals surface area contributed by atoms with Gasteiger partial charge in [-0.05, 0) is 35.9 Å². The van der Waals surface area contributed by atoms with Crippen molar-refractivity contribution in [1.29, 1.82) is 0 Å². The maximum Gasteiger partial charge on any atom is 0.256 e. The zero-order valence-electron chi connectivity index (χ0n) is 14.9. The number of aromatic nitrogens is 1. The summed E-state index contributed by atoms with van der Waals surface area (Å²) in [5.74, 6) is -0.109. The van der Waals surface area contributed by atoms with Gasteiger partial charge in [-0.15, -0.1) is 11.3 Å². The number of fused-ring (bicyclic) bond motifs is 1. The van der Waals surface area contributed by atoms with Crippen molar-refractivity contribution >= 4 is 38.8 Å². The number of rotatable bonds is 5. The molecule has 0 bridgehead atoms. The summed E-state index contributed by atoms with van der Waals surface area (Å²) in [5, 5.41) is 11.2. The minimum Gasteiger partial charge on any atom is -0.362 e. The second-order valence-electron chi connectivity index (χ2n) is 6.13. The van der Waals surface area contributed by atoms with Gasteiger partial charge < -0.3 is 10.6 Å². The van der Waals surface area contributed by atoms with Gasteiger partial charge >= 0.3 is 0 Å². The Hall–Kier alpha value is -3.18. The topological polar surface area (TPSA) is 54.0 Å². The Morgan fingerprint density at radius 1 is 1.00 bits per heavy atom. The van der Waals surface area contributed by atoms with Crippen molar-refractivity contribution in [3.63, 3.8) is 0 Å². The molecule has 0 aliphatic carbocycles. The third-order valence-electron chi connectivity index (χ3n) is 4.30. The summed E-state index contributed by atoms with van der Waals surface area (Å²) in [6, 6.07) is 21.4. The fraction of sp³-hybridized carbons (Fsp3) is 0.0909. The van der Waals surface area contributed by atoms with Crippen molar-refractivity contribution in [3.8, 4) is 11.3 Å². The van der Waals surface area contributed by atoms with E-state index in [9.17, 15) is 4.79 Å². The van der Waals surface area contributed by atoms with Crippen LogP contribution in [0.4, 0.5) is 10.8 Å². The van der Waals surface area contributed by atoms with Crippen molar-refractivity contribution in [2.75, 3.05) is 17.2 Å².